The molecule has 3 unspecified atom stereocenters. The summed E-state index contributed by atoms with van der Waals surface area (Å²) in [5.74, 6) is 1.83. The molecule has 0 heterocycles. The highest BCUT2D eigenvalue weighted by atomic mass is 31.2. The summed E-state index contributed by atoms with van der Waals surface area (Å²) in [7, 11) is -1.13. The van der Waals surface area contributed by atoms with Gasteiger partial charge in [-0.15, -0.1) is 0 Å². The van der Waals surface area contributed by atoms with Crippen LogP contribution in [0.5, 0.6) is 0 Å². The number of hydrogen-bond donors (Lipinski definition) is 0. The Kier molecular flexibility index (Phi) is 7.68. The van der Waals surface area contributed by atoms with Crippen LogP contribution in [-0.4, -0.2) is 25.2 Å². The molecular weight excluding hydrogens is 367 g/mol. The van der Waals surface area contributed by atoms with Crippen molar-refractivity contribution >= 4 is 7.26 Å². The molecule has 0 aliphatic heterocycles. The molecule has 1 heteroatoms. The first-order valence-electron chi connectivity index (χ1n) is 11.0. The second kappa shape index (κ2) is 10.2. The lowest BCUT2D eigenvalue weighted by Crippen LogP contribution is -2.18. The Bertz CT molecular complexity index is 726. The van der Waals surface area contributed by atoms with Gasteiger partial charge in [0.25, 0.3) is 0 Å². The van der Waals surface area contributed by atoms with Crippen molar-refractivity contribution in [2.75, 3.05) is 25.2 Å². The quantitative estimate of drug-likeness (QED) is 0.317. The van der Waals surface area contributed by atoms with Crippen molar-refractivity contribution in [3.8, 4) is 0 Å². The van der Waals surface area contributed by atoms with Crippen LogP contribution in [-0.2, 0) is 0 Å². The Morgan fingerprint density at radius 2 is 0.724 bits per heavy atom. The zero-order valence-electron chi connectivity index (χ0n) is 18.5. The average molecular weight is 404 g/mol. The third-order valence-corrected chi connectivity index (χ3v) is 10.5. The first-order valence-corrected chi connectivity index (χ1v) is 13.7. The van der Waals surface area contributed by atoms with Crippen LogP contribution in [0.25, 0.3) is 0 Å². The average Bonchev–Trinajstić information content (AvgIpc) is 2.75. The second-order valence-corrected chi connectivity index (χ2v) is 13.4. The molecule has 0 nitrogen and oxygen atoms in total. The normalized spacial score (nSPS) is 16.6. The number of hydrogen-bond acceptors (Lipinski definition) is 0. The second-order valence-electron chi connectivity index (χ2n) is 9.10. The zero-order valence-corrected chi connectivity index (χ0v) is 19.4. The summed E-state index contributed by atoms with van der Waals surface area (Å²) in [5.41, 5.74) is 4.45. The molecule has 0 bridgehead atoms. The third kappa shape index (κ3) is 6.28. The van der Waals surface area contributed by atoms with Crippen LogP contribution < -0.4 is 0 Å². The van der Waals surface area contributed by atoms with E-state index < -0.39 is 7.26 Å². The number of benzene rings is 3. The molecule has 0 saturated heterocycles. The first-order chi connectivity index (χ1) is 14.0. The van der Waals surface area contributed by atoms with Gasteiger partial charge in [-0.05, 0) is 16.7 Å². The summed E-state index contributed by atoms with van der Waals surface area (Å²) >= 11 is 0. The highest BCUT2D eigenvalue weighted by molar-refractivity contribution is 7.75. The molecule has 0 aliphatic rings. The van der Waals surface area contributed by atoms with Crippen LogP contribution >= 0.6 is 7.26 Å². The van der Waals surface area contributed by atoms with E-state index in [9.17, 15) is 0 Å². The lowest BCUT2D eigenvalue weighted by atomic mass is 10.0. The molecule has 29 heavy (non-hydrogen) atoms. The molecular formula is C28H36P+. The summed E-state index contributed by atoms with van der Waals surface area (Å²) in [6, 6.07) is 33.3. The van der Waals surface area contributed by atoms with Crippen LogP contribution in [0, 0.1) is 0 Å². The number of rotatable bonds is 9. The highest BCUT2D eigenvalue weighted by Crippen LogP contribution is 2.62. The van der Waals surface area contributed by atoms with Crippen molar-refractivity contribution in [1.82, 2.24) is 0 Å². The summed E-state index contributed by atoms with van der Waals surface area (Å²) in [4.78, 5) is 0. The SMILES string of the molecule is CC(C[P+](C)(CC(C)c1ccccc1)CC(C)c1ccccc1)c1ccccc1. The van der Waals surface area contributed by atoms with Crippen LogP contribution in [0.3, 0.4) is 0 Å². The Balaban J connectivity index is 1.81. The van der Waals surface area contributed by atoms with Crippen molar-refractivity contribution in [1.29, 1.82) is 0 Å². The monoisotopic (exact) mass is 403 g/mol. The largest absolute Gasteiger partial charge is 0.0657 e. The molecule has 3 rings (SSSR count). The molecule has 3 aromatic rings. The van der Waals surface area contributed by atoms with E-state index in [0.29, 0.717) is 17.8 Å². The fourth-order valence-corrected chi connectivity index (χ4v) is 9.91. The van der Waals surface area contributed by atoms with Gasteiger partial charge in [0.1, 0.15) is 0 Å². The van der Waals surface area contributed by atoms with E-state index in [0.717, 1.165) is 0 Å². The molecule has 3 aromatic carbocycles. The van der Waals surface area contributed by atoms with Gasteiger partial charge in [0.05, 0.1) is 18.5 Å². The summed E-state index contributed by atoms with van der Waals surface area (Å²) in [5, 5.41) is 0. The molecule has 0 fully saturated rings. The van der Waals surface area contributed by atoms with E-state index in [1.54, 1.807) is 0 Å². The molecule has 0 N–H and O–H groups in total. The Labute approximate surface area is 178 Å². The van der Waals surface area contributed by atoms with Gasteiger partial charge in [-0.25, -0.2) is 0 Å². The predicted octanol–water partition coefficient (Wildman–Crippen LogP) is 8.04. The first kappa shape index (κ1) is 21.8. The predicted molar refractivity (Wildman–Crippen MR) is 132 cm³/mol. The van der Waals surface area contributed by atoms with Gasteiger partial charge in [-0.1, -0.05) is 112 Å². The Hall–Kier alpha value is -1.91. The minimum atomic E-state index is -1.13. The van der Waals surface area contributed by atoms with Crippen LogP contribution in [0.1, 0.15) is 55.2 Å². The van der Waals surface area contributed by atoms with Crippen molar-refractivity contribution in [2.45, 2.75) is 38.5 Å². The van der Waals surface area contributed by atoms with E-state index in [1.165, 1.54) is 35.2 Å². The van der Waals surface area contributed by atoms with Gasteiger partial charge in [0.2, 0.25) is 0 Å². The van der Waals surface area contributed by atoms with Crippen molar-refractivity contribution < 1.29 is 0 Å². The van der Waals surface area contributed by atoms with Crippen molar-refractivity contribution in [3.05, 3.63) is 108 Å². The molecule has 0 aliphatic carbocycles. The maximum atomic E-state index is 2.63. The minimum absolute atomic E-state index is 0.612. The minimum Gasteiger partial charge on any atom is -0.0622 e. The van der Waals surface area contributed by atoms with E-state index in [2.05, 4.69) is 118 Å². The molecule has 0 saturated carbocycles. The van der Waals surface area contributed by atoms with Gasteiger partial charge in [0, 0.05) is 31.7 Å². The lowest BCUT2D eigenvalue weighted by molar-refractivity contribution is 0.808. The van der Waals surface area contributed by atoms with Crippen molar-refractivity contribution in [3.63, 3.8) is 0 Å². The van der Waals surface area contributed by atoms with E-state index in [-0.39, 0.29) is 0 Å². The molecule has 0 spiro atoms. The Morgan fingerprint density at radius 1 is 0.483 bits per heavy atom. The molecule has 0 amide bonds. The van der Waals surface area contributed by atoms with E-state index >= 15 is 0 Å². The summed E-state index contributed by atoms with van der Waals surface area (Å²) in [6.45, 7) is 9.90. The fourth-order valence-electron chi connectivity index (χ4n) is 4.87. The maximum absolute atomic E-state index is 2.63. The topological polar surface area (TPSA) is 0 Å². The van der Waals surface area contributed by atoms with Gasteiger partial charge >= 0.3 is 0 Å². The molecule has 152 valence electrons. The summed E-state index contributed by atoms with van der Waals surface area (Å²) < 4.78 is 0. The maximum Gasteiger partial charge on any atom is 0.0657 e. The van der Waals surface area contributed by atoms with Crippen LogP contribution in [0.4, 0.5) is 0 Å². The molecule has 0 radical (unpaired) electrons. The standard InChI is InChI=1S/C28H36P/c1-23(26-14-8-5-9-15-26)20-29(4,21-24(2)27-16-10-6-11-17-27)22-25(3)28-18-12-7-13-19-28/h5-19,23-25H,20-22H2,1-4H3/q+1. The fraction of sp³-hybridized carbons (Fsp3) is 0.357. The van der Waals surface area contributed by atoms with Crippen molar-refractivity contribution in [2.24, 2.45) is 0 Å². The smallest absolute Gasteiger partial charge is 0.0622 e. The van der Waals surface area contributed by atoms with Crippen LogP contribution in [0.2, 0.25) is 0 Å². The van der Waals surface area contributed by atoms with E-state index in [4.69, 9.17) is 0 Å². The van der Waals surface area contributed by atoms with Gasteiger partial charge < -0.3 is 0 Å². The van der Waals surface area contributed by atoms with Gasteiger partial charge in [0.15, 0.2) is 0 Å². The molecule has 3 atom stereocenters. The zero-order chi connectivity index (χ0) is 20.7. The molecule has 0 aromatic heterocycles. The highest BCUT2D eigenvalue weighted by Gasteiger charge is 2.37. The van der Waals surface area contributed by atoms with Crippen LogP contribution in [0.15, 0.2) is 91.0 Å². The lowest BCUT2D eigenvalue weighted by Gasteiger charge is -2.31. The Morgan fingerprint density at radius 3 is 0.966 bits per heavy atom. The summed E-state index contributed by atoms with van der Waals surface area (Å²) in [6.07, 6.45) is 3.97. The van der Waals surface area contributed by atoms with E-state index in [1.807, 2.05) is 0 Å². The van der Waals surface area contributed by atoms with Gasteiger partial charge in [-0.3, -0.25) is 0 Å². The van der Waals surface area contributed by atoms with Gasteiger partial charge in [-0.2, -0.15) is 0 Å². The third-order valence-electron chi connectivity index (χ3n) is 6.25.